The van der Waals surface area contributed by atoms with Gasteiger partial charge in [-0.2, -0.15) is 11.3 Å². The molecule has 0 saturated heterocycles. The van der Waals surface area contributed by atoms with Crippen molar-refractivity contribution in [3.8, 4) is 0 Å². The van der Waals surface area contributed by atoms with Gasteiger partial charge in [0, 0.05) is 23.5 Å². The number of anilines is 1. The highest BCUT2D eigenvalue weighted by molar-refractivity contribution is 7.08. The molecule has 0 radical (unpaired) electrons. The second-order valence-electron chi connectivity index (χ2n) is 5.11. The van der Waals surface area contributed by atoms with E-state index in [1.54, 1.807) is 17.5 Å². The van der Waals surface area contributed by atoms with Crippen LogP contribution in [0.25, 0.3) is 10.8 Å². The lowest BCUT2D eigenvalue weighted by molar-refractivity contribution is -0.117. The van der Waals surface area contributed by atoms with E-state index in [2.05, 4.69) is 10.3 Å². The van der Waals surface area contributed by atoms with E-state index in [9.17, 15) is 4.79 Å². The molecule has 0 bridgehead atoms. The normalized spacial score (nSPS) is 12.2. The van der Waals surface area contributed by atoms with Gasteiger partial charge in [-0.1, -0.05) is 6.07 Å². The van der Waals surface area contributed by atoms with Crippen LogP contribution in [0.2, 0.25) is 0 Å². The molecule has 22 heavy (non-hydrogen) atoms. The molecule has 1 unspecified atom stereocenters. The van der Waals surface area contributed by atoms with Crippen LogP contribution in [0.3, 0.4) is 0 Å². The fraction of sp³-hybridized carbons (Fsp3) is 0.176. The average Bonchev–Trinajstić information content (AvgIpc) is 3.06. The molecule has 0 aliphatic heterocycles. The number of hydrogen-bond donors (Lipinski definition) is 2. The molecule has 5 heteroatoms. The van der Waals surface area contributed by atoms with Crippen LogP contribution >= 0.6 is 11.3 Å². The van der Waals surface area contributed by atoms with Crippen molar-refractivity contribution in [2.45, 2.75) is 12.3 Å². The molecular weight excluding hydrogens is 294 g/mol. The molecule has 0 spiro atoms. The van der Waals surface area contributed by atoms with Gasteiger partial charge in [0.15, 0.2) is 0 Å². The first kappa shape index (κ1) is 14.7. The smallest absolute Gasteiger partial charge is 0.231 e. The predicted molar refractivity (Wildman–Crippen MR) is 91.1 cm³/mol. The van der Waals surface area contributed by atoms with Crippen LogP contribution in [-0.2, 0) is 4.79 Å². The Morgan fingerprint density at radius 3 is 2.95 bits per heavy atom. The number of carbonyl (C=O) groups excluding carboxylic acids is 1. The highest BCUT2D eigenvalue weighted by Crippen LogP contribution is 2.25. The number of aromatic nitrogens is 1. The number of amides is 1. The molecular formula is C17H17N3OS. The molecule has 1 atom stereocenters. The van der Waals surface area contributed by atoms with E-state index in [-0.39, 0.29) is 11.8 Å². The summed E-state index contributed by atoms with van der Waals surface area (Å²) in [5, 5.41) is 9.09. The van der Waals surface area contributed by atoms with Crippen LogP contribution in [-0.4, -0.2) is 17.4 Å². The van der Waals surface area contributed by atoms with Crippen LogP contribution in [0.5, 0.6) is 0 Å². The summed E-state index contributed by atoms with van der Waals surface area (Å²) in [5.41, 5.74) is 7.48. The Balaban J connectivity index is 1.81. The molecule has 1 aromatic carbocycles. The predicted octanol–water partition coefficient (Wildman–Crippen LogP) is 3.37. The summed E-state index contributed by atoms with van der Waals surface area (Å²) < 4.78 is 0. The first-order valence-corrected chi connectivity index (χ1v) is 8.09. The average molecular weight is 311 g/mol. The van der Waals surface area contributed by atoms with Gasteiger partial charge in [-0.25, -0.2) is 0 Å². The molecule has 0 aliphatic rings. The first-order chi connectivity index (χ1) is 10.8. The van der Waals surface area contributed by atoms with Crippen LogP contribution in [0, 0.1) is 0 Å². The number of benzene rings is 1. The van der Waals surface area contributed by atoms with Crippen LogP contribution in [0.1, 0.15) is 17.9 Å². The van der Waals surface area contributed by atoms with Gasteiger partial charge in [0.05, 0.1) is 5.92 Å². The highest BCUT2D eigenvalue weighted by Gasteiger charge is 2.20. The third-order valence-corrected chi connectivity index (χ3v) is 4.33. The molecule has 3 aromatic rings. The maximum absolute atomic E-state index is 12.6. The van der Waals surface area contributed by atoms with Gasteiger partial charge < -0.3 is 11.1 Å². The van der Waals surface area contributed by atoms with Gasteiger partial charge in [-0.15, -0.1) is 0 Å². The van der Waals surface area contributed by atoms with E-state index in [0.717, 1.165) is 22.0 Å². The molecule has 112 valence electrons. The van der Waals surface area contributed by atoms with E-state index in [0.29, 0.717) is 13.0 Å². The largest absolute Gasteiger partial charge is 0.330 e. The van der Waals surface area contributed by atoms with Gasteiger partial charge in [-0.3, -0.25) is 9.78 Å². The van der Waals surface area contributed by atoms with E-state index < -0.39 is 0 Å². The first-order valence-electron chi connectivity index (χ1n) is 7.15. The van der Waals surface area contributed by atoms with Gasteiger partial charge in [0.2, 0.25) is 5.91 Å². The van der Waals surface area contributed by atoms with E-state index >= 15 is 0 Å². The zero-order chi connectivity index (χ0) is 15.4. The standard InChI is InChI=1S/C17H17N3OS/c18-6-3-16(14-5-8-22-11-14)17(21)20-15-2-1-13-10-19-7-4-12(13)9-15/h1-2,4-5,7-11,16H,3,6,18H2,(H,20,21). The summed E-state index contributed by atoms with van der Waals surface area (Å²) in [6.45, 7) is 0.483. The van der Waals surface area contributed by atoms with Crippen molar-refractivity contribution in [1.29, 1.82) is 0 Å². The zero-order valence-corrected chi connectivity index (χ0v) is 12.8. The fourth-order valence-electron chi connectivity index (χ4n) is 2.48. The minimum Gasteiger partial charge on any atom is -0.330 e. The number of pyridine rings is 1. The summed E-state index contributed by atoms with van der Waals surface area (Å²) in [7, 11) is 0. The summed E-state index contributed by atoms with van der Waals surface area (Å²) in [5.74, 6) is -0.221. The van der Waals surface area contributed by atoms with Crippen molar-refractivity contribution < 1.29 is 4.79 Å². The van der Waals surface area contributed by atoms with Crippen molar-refractivity contribution in [2.24, 2.45) is 5.73 Å². The number of nitrogens with zero attached hydrogens (tertiary/aromatic N) is 1. The highest BCUT2D eigenvalue weighted by atomic mass is 32.1. The molecule has 3 N–H and O–H groups in total. The lowest BCUT2D eigenvalue weighted by Gasteiger charge is -2.15. The van der Waals surface area contributed by atoms with Crippen molar-refractivity contribution in [3.05, 3.63) is 59.0 Å². The summed E-state index contributed by atoms with van der Waals surface area (Å²) >= 11 is 1.59. The molecule has 2 heterocycles. The Bertz CT molecular complexity index is 770. The maximum Gasteiger partial charge on any atom is 0.231 e. The SMILES string of the molecule is NCCC(C(=O)Nc1ccc2cnccc2c1)c1ccsc1. The Morgan fingerprint density at radius 2 is 2.18 bits per heavy atom. The Kier molecular flexibility index (Phi) is 4.46. The molecule has 0 fully saturated rings. The third-order valence-electron chi connectivity index (χ3n) is 3.63. The minimum atomic E-state index is -0.204. The van der Waals surface area contributed by atoms with Crippen molar-refractivity contribution in [3.63, 3.8) is 0 Å². The molecule has 1 amide bonds. The lowest BCUT2D eigenvalue weighted by Crippen LogP contribution is -2.23. The van der Waals surface area contributed by atoms with Crippen LogP contribution in [0.15, 0.2) is 53.5 Å². The lowest BCUT2D eigenvalue weighted by atomic mass is 9.97. The van der Waals surface area contributed by atoms with Gasteiger partial charge in [0.25, 0.3) is 0 Å². The molecule has 0 aliphatic carbocycles. The summed E-state index contributed by atoms with van der Waals surface area (Å²) in [6, 6.07) is 9.73. The quantitative estimate of drug-likeness (QED) is 0.759. The fourth-order valence-corrected chi connectivity index (χ4v) is 3.19. The Hall–Kier alpha value is -2.24. The zero-order valence-electron chi connectivity index (χ0n) is 12.0. The van der Waals surface area contributed by atoms with Crippen LogP contribution < -0.4 is 11.1 Å². The molecule has 3 rings (SSSR count). The molecule has 0 saturated carbocycles. The van der Waals surface area contributed by atoms with Crippen molar-refractivity contribution >= 4 is 33.7 Å². The van der Waals surface area contributed by atoms with Crippen molar-refractivity contribution in [1.82, 2.24) is 4.98 Å². The Morgan fingerprint density at radius 1 is 1.27 bits per heavy atom. The van der Waals surface area contributed by atoms with Gasteiger partial charge >= 0.3 is 0 Å². The molecule has 2 aromatic heterocycles. The van der Waals surface area contributed by atoms with E-state index in [1.165, 1.54) is 0 Å². The van der Waals surface area contributed by atoms with E-state index in [1.807, 2.05) is 47.3 Å². The van der Waals surface area contributed by atoms with Crippen LogP contribution in [0.4, 0.5) is 5.69 Å². The monoisotopic (exact) mass is 311 g/mol. The third kappa shape index (κ3) is 3.16. The van der Waals surface area contributed by atoms with E-state index in [4.69, 9.17) is 5.73 Å². The number of thiophene rings is 1. The summed E-state index contributed by atoms with van der Waals surface area (Å²) in [4.78, 5) is 16.7. The van der Waals surface area contributed by atoms with Crippen molar-refractivity contribution in [2.75, 3.05) is 11.9 Å². The number of carbonyl (C=O) groups is 1. The maximum atomic E-state index is 12.6. The number of hydrogen-bond acceptors (Lipinski definition) is 4. The number of fused-ring (bicyclic) bond motifs is 1. The second-order valence-corrected chi connectivity index (χ2v) is 5.89. The summed E-state index contributed by atoms with van der Waals surface area (Å²) in [6.07, 6.45) is 4.19. The van der Waals surface area contributed by atoms with Gasteiger partial charge in [-0.05, 0) is 58.9 Å². The Labute approximate surface area is 133 Å². The second kappa shape index (κ2) is 6.68. The number of nitrogens with one attached hydrogen (secondary N) is 1. The minimum absolute atomic E-state index is 0.0164. The van der Waals surface area contributed by atoms with Gasteiger partial charge in [0.1, 0.15) is 0 Å². The number of nitrogens with two attached hydrogens (primary N) is 1. The number of rotatable bonds is 5. The molecule has 4 nitrogen and oxygen atoms in total. The topological polar surface area (TPSA) is 68.0 Å².